The number of alkyl halides is 4. The van der Waals surface area contributed by atoms with Crippen LogP contribution in [0.4, 0.5) is 13.2 Å². The average molecular weight is 381 g/mol. The van der Waals surface area contributed by atoms with Crippen molar-refractivity contribution in [2.45, 2.75) is 12.8 Å². The van der Waals surface area contributed by atoms with Gasteiger partial charge < -0.3 is 9.47 Å². The van der Waals surface area contributed by atoms with Gasteiger partial charge in [-0.15, -0.1) is 13.2 Å². The Balaban J connectivity index is 2.66. The van der Waals surface area contributed by atoms with Gasteiger partial charge in [0.2, 0.25) is 0 Å². The van der Waals surface area contributed by atoms with Gasteiger partial charge in [-0.3, -0.25) is 0 Å². The van der Waals surface area contributed by atoms with Crippen LogP contribution in [-0.4, -0.2) is 17.4 Å². The number of benzene rings is 1. The van der Waals surface area contributed by atoms with E-state index in [9.17, 15) is 13.2 Å². The van der Waals surface area contributed by atoms with Crippen molar-refractivity contribution in [3.05, 3.63) is 23.2 Å². The maximum Gasteiger partial charge on any atom is 0.573 e. The summed E-state index contributed by atoms with van der Waals surface area (Å²) in [5.41, 5.74) is 0. The van der Waals surface area contributed by atoms with Gasteiger partial charge >= 0.3 is 6.36 Å². The molecular weight excluding hydrogens is 371 g/mol. The Morgan fingerprint density at radius 3 is 2.53 bits per heavy atom. The minimum Gasteiger partial charge on any atom is -0.492 e. The predicted molar refractivity (Wildman–Crippen MR) is 67.1 cm³/mol. The van der Waals surface area contributed by atoms with Crippen LogP contribution in [0.1, 0.15) is 6.42 Å². The lowest BCUT2D eigenvalue weighted by atomic mass is 10.3. The van der Waals surface area contributed by atoms with Crippen molar-refractivity contribution in [3.63, 3.8) is 0 Å². The highest BCUT2D eigenvalue weighted by molar-refractivity contribution is 14.1. The third kappa shape index (κ3) is 5.67. The summed E-state index contributed by atoms with van der Waals surface area (Å²) < 4.78 is 45.7. The van der Waals surface area contributed by atoms with E-state index in [2.05, 4.69) is 27.3 Å². The second-order valence-corrected chi connectivity index (χ2v) is 4.52. The number of ether oxygens (including phenoxy) is 2. The zero-order chi connectivity index (χ0) is 12.9. The monoisotopic (exact) mass is 380 g/mol. The van der Waals surface area contributed by atoms with E-state index >= 15 is 0 Å². The molecule has 1 aromatic rings. The Morgan fingerprint density at radius 2 is 2.00 bits per heavy atom. The van der Waals surface area contributed by atoms with Crippen LogP contribution < -0.4 is 9.47 Å². The van der Waals surface area contributed by atoms with Gasteiger partial charge in [-0.05, 0) is 18.6 Å². The molecule has 0 atom stereocenters. The van der Waals surface area contributed by atoms with Gasteiger partial charge in [0.1, 0.15) is 11.5 Å². The predicted octanol–water partition coefficient (Wildman–Crippen LogP) is 4.44. The molecule has 0 saturated carbocycles. The average Bonchev–Trinajstić information content (AvgIpc) is 2.19. The van der Waals surface area contributed by atoms with Gasteiger partial charge in [-0.1, -0.05) is 34.2 Å². The SMILES string of the molecule is FC(F)(F)Oc1ccc(OCCCI)c(Cl)c1. The molecule has 1 rings (SSSR count). The molecule has 0 spiro atoms. The van der Waals surface area contributed by atoms with Gasteiger partial charge in [-0.25, -0.2) is 0 Å². The Morgan fingerprint density at radius 1 is 1.29 bits per heavy atom. The van der Waals surface area contributed by atoms with Crippen LogP contribution in [0.3, 0.4) is 0 Å². The first-order valence-electron chi connectivity index (χ1n) is 4.66. The lowest BCUT2D eigenvalue weighted by Gasteiger charge is -2.11. The molecule has 1 aromatic carbocycles. The van der Waals surface area contributed by atoms with Crippen LogP contribution in [0.2, 0.25) is 5.02 Å². The first-order chi connectivity index (χ1) is 7.92. The lowest BCUT2D eigenvalue weighted by molar-refractivity contribution is -0.274. The number of hydrogen-bond donors (Lipinski definition) is 0. The Kier molecular flexibility index (Phi) is 5.64. The summed E-state index contributed by atoms with van der Waals surface area (Å²) in [7, 11) is 0. The first-order valence-corrected chi connectivity index (χ1v) is 6.57. The second kappa shape index (κ2) is 6.53. The standard InChI is InChI=1S/C10H9ClF3IO2/c11-8-6-7(17-10(12,13)14)2-3-9(8)16-5-1-4-15/h2-3,6H,1,4-5H2. The smallest absolute Gasteiger partial charge is 0.492 e. The topological polar surface area (TPSA) is 18.5 Å². The third-order valence-corrected chi connectivity index (χ3v) is 2.73. The molecule has 0 aliphatic heterocycles. The summed E-state index contributed by atoms with van der Waals surface area (Å²) in [6.45, 7) is 0.474. The molecule has 0 fully saturated rings. The summed E-state index contributed by atoms with van der Waals surface area (Å²) in [6, 6.07) is 3.60. The van der Waals surface area contributed by atoms with E-state index < -0.39 is 6.36 Å². The zero-order valence-electron chi connectivity index (χ0n) is 8.56. The van der Waals surface area contributed by atoms with Crippen molar-refractivity contribution in [3.8, 4) is 11.5 Å². The summed E-state index contributed by atoms with van der Waals surface area (Å²) >= 11 is 7.96. The molecule has 0 amide bonds. The molecule has 0 heterocycles. The maximum atomic E-state index is 11.9. The summed E-state index contributed by atoms with van der Waals surface area (Å²) in [6.07, 6.45) is -3.87. The van der Waals surface area contributed by atoms with Gasteiger partial charge in [0, 0.05) is 10.5 Å². The summed E-state index contributed by atoms with van der Waals surface area (Å²) in [4.78, 5) is 0. The molecule has 0 N–H and O–H groups in total. The number of halogens is 5. The maximum absolute atomic E-state index is 11.9. The number of hydrogen-bond acceptors (Lipinski definition) is 2. The Labute approximate surface area is 115 Å². The molecular formula is C10H9ClF3IO2. The second-order valence-electron chi connectivity index (χ2n) is 3.03. The van der Waals surface area contributed by atoms with Crippen molar-refractivity contribution in [1.29, 1.82) is 0 Å². The molecule has 0 bridgehead atoms. The molecule has 0 aliphatic rings. The molecule has 17 heavy (non-hydrogen) atoms. The summed E-state index contributed by atoms with van der Waals surface area (Å²) in [5, 5.41) is 0.0974. The van der Waals surface area contributed by atoms with E-state index in [1.54, 1.807) is 0 Å². The molecule has 0 radical (unpaired) electrons. The van der Waals surface area contributed by atoms with Gasteiger partial charge in [0.05, 0.1) is 11.6 Å². The normalized spacial score (nSPS) is 11.4. The fourth-order valence-electron chi connectivity index (χ4n) is 1.03. The fourth-order valence-corrected chi connectivity index (χ4v) is 1.57. The fraction of sp³-hybridized carbons (Fsp3) is 0.400. The van der Waals surface area contributed by atoms with Crippen LogP contribution in [0.5, 0.6) is 11.5 Å². The van der Waals surface area contributed by atoms with Crippen molar-refractivity contribution >= 4 is 34.2 Å². The van der Waals surface area contributed by atoms with Crippen molar-refractivity contribution < 1.29 is 22.6 Å². The van der Waals surface area contributed by atoms with E-state index in [1.165, 1.54) is 12.1 Å². The van der Waals surface area contributed by atoms with Crippen LogP contribution in [0.25, 0.3) is 0 Å². The quantitative estimate of drug-likeness (QED) is 0.427. The van der Waals surface area contributed by atoms with Gasteiger partial charge in [0.15, 0.2) is 0 Å². The van der Waals surface area contributed by atoms with Crippen LogP contribution >= 0.6 is 34.2 Å². The molecule has 0 unspecified atom stereocenters. The van der Waals surface area contributed by atoms with E-state index in [-0.39, 0.29) is 10.8 Å². The van der Waals surface area contributed by atoms with Crippen molar-refractivity contribution in [2.75, 3.05) is 11.0 Å². The minimum absolute atomic E-state index is 0.0974. The lowest BCUT2D eigenvalue weighted by Crippen LogP contribution is -2.17. The van der Waals surface area contributed by atoms with Crippen LogP contribution in [0, 0.1) is 0 Å². The van der Waals surface area contributed by atoms with E-state index in [0.29, 0.717) is 12.4 Å². The number of rotatable bonds is 5. The molecule has 0 saturated heterocycles. The Hall–Kier alpha value is -0.370. The first kappa shape index (κ1) is 14.7. The zero-order valence-corrected chi connectivity index (χ0v) is 11.5. The van der Waals surface area contributed by atoms with Crippen molar-refractivity contribution in [1.82, 2.24) is 0 Å². The van der Waals surface area contributed by atoms with Gasteiger partial charge in [-0.2, -0.15) is 0 Å². The van der Waals surface area contributed by atoms with E-state index in [0.717, 1.165) is 16.9 Å². The highest BCUT2D eigenvalue weighted by atomic mass is 127. The summed E-state index contributed by atoms with van der Waals surface area (Å²) in [5.74, 6) is -0.00483. The highest BCUT2D eigenvalue weighted by Gasteiger charge is 2.31. The highest BCUT2D eigenvalue weighted by Crippen LogP contribution is 2.31. The Bertz CT molecular complexity index is 371. The molecule has 0 aromatic heterocycles. The van der Waals surface area contributed by atoms with Crippen molar-refractivity contribution in [2.24, 2.45) is 0 Å². The molecule has 7 heteroatoms. The molecule has 96 valence electrons. The molecule has 0 aliphatic carbocycles. The minimum atomic E-state index is -4.72. The van der Waals surface area contributed by atoms with E-state index in [1.807, 2.05) is 0 Å². The van der Waals surface area contributed by atoms with Crippen LogP contribution in [-0.2, 0) is 0 Å². The van der Waals surface area contributed by atoms with Crippen LogP contribution in [0.15, 0.2) is 18.2 Å². The largest absolute Gasteiger partial charge is 0.573 e. The van der Waals surface area contributed by atoms with E-state index in [4.69, 9.17) is 16.3 Å². The van der Waals surface area contributed by atoms with Gasteiger partial charge in [0.25, 0.3) is 0 Å². The third-order valence-electron chi connectivity index (χ3n) is 1.67. The molecule has 2 nitrogen and oxygen atoms in total.